The first-order valence-corrected chi connectivity index (χ1v) is 11.2. The van der Waals surface area contributed by atoms with Crippen molar-refractivity contribution < 1.29 is 9.21 Å². The van der Waals surface area contributed by atoms with Gasteiger partial charge in [-0.1, -0.05) is 5.92 Å². The van der Waals surface area contributed by atoms with E-state index in [1.165, 1.54) is 0 Å². The van der Waals surface area contributed by atoms with Crippen molar-refractivity contribution in [3.05, 3.63) is 51.4 Å². The molecule has 2 aromatic heterocycles. The summed E-state index contributed by atoms with van der Waals surface area (Å²) in [5, 5.41) is 6.79. The molecule has 0 bridgehead atoms. The Kier molecular flexibility index (Phi) is 5.60. The molecule has 0 radical (unpaired) electrons. The number of fused-ring (bicyclic) bond motifs is 1. The molecular formula is C24H26N6O3. The fraction of sp³-hybridized carbons (Fsp3) is 0.417. The van der Waals surface area contributed by atoms with Gasteiger partial charge in [-0.3, -0.25) is 14.5 Å². The number of rotatable bonds is 4. The molecule has 9 heteroatoms. The second kappa shape index (κ2) is 8.71. The van der Waals surface area contributed by atoms with Crippen molar-refractivity contribution in [1.82, 2.24) is 25.0 Å². The second-order valence-electron chi connectivity index (χ2n) is 8.62. The molecule has 170 valence electrons. The maximum atomic E-state index is 13.0. The summed E-state index contributed by atoms with van der Waals surface area (Å²) < 4.78 is 5.91. The zero-order valence-corrected chi connectivity index (χ0v) is 18.6. The molecule has 1 aromatic carbocycles. The van der Waals surface area contributed by atoms with Gasteiger partial charge in [-0.05, 0) is 50.6 Å². The topological polar surface area (TPSA) is 98.6 Å². The number of nitrogens with one attached hydrogen (secondary N) is 1. The van der Waals surface area contributed by atoms with E-state index in [1.807, 2.05) is 29.2 Å². The number of anilines is 1. The van der Waals surface area contributed by atoms with Crippen LogP contribution in [0.1, 0.15) is 35.7 Å². The van der Waals surface area contributed by atoms with Crippen LogP contribution in [0.5, 0.6) is 0 Å². The summed E-state index contributed by atoms with van der Waals surface area (Å²) in [6.45, 7) is 5.51. The first kappa shape index (κ1) is 21.2. The summed E-state index contributed by atoms with van der Waals surface area (Å²) in [6, 6.07) is 7.97. The minimum Gasteiger partial charge on any atom is -0.423 e. The molecule has 1 amide bonds. The van der Waals surface area contributed by atoms with E-state index < -0.39 is 0 Å². The van der Waals surface area contributed by atoms with Gasteiger partial charge in [0.15, 0.2) is 5.58 Å². The summed E-state index contributed by atoms with van der Waals surface area (Å²) in [4.78, 5) is 35.4. The first-order chi connectivity index (χ1) is 16.0. The van der Waals surface area contributed by atoms with Crippen molar-refractivity contribution >= 4 is 23.0 Å². The zero-order valence-electron chi connectivity index (χ0n) is 18.6. The van der Waals surface area contributed by atoms with Crippen LogP contribution in [0.15, 0.2) is 33.5 Å². The largest absolute Gasteiger partial charge is 0.423 e. The van der Waals surface area contributed by atoms with Gasteiger partial charge in [0, 0.05) is 37.3 Å². The lowest BCUT2D eigenvalue weighted by atomic mass is 10.1. The monoisotopic (exact) mass is 446 g/mol. The Morgan fingerprint density at radius 2 is 2.06 bits per heavy atom. The van der Waals surface area contributed by atoms with Crippen LogP contribution in [0.2, 0.25) is 0 Å². The molecule has 0 aliphatic carbocycles. The molecule has 2 aliphatic rings. The number of H-pyrrole nitrogens is 1. The molecule has 1 atom stereocenters. The van der Waals surface area contributed by atoms with Crippen molar-refractivity contribution in [2.45, 2.75) is 25.8 Å². The maximum Gasteiger partial charge on any atom is 0.298 e. The third-order valence-corrected chi connectivity index (χ3v) is 6.50. The molecule has 2 fully saturated rings. The SMILES string of the molecule is C#Cc1ccc2nc(N3CCN(C(=O)CN4CCCC4c4cc(C)c(=O)[nH]n4)CC3)oc2c1. The number of amides is 1. The smallest absolute Gasteiger partial charge is 0.298 e. The summed E-state index contributed by atoms with van der Waals surface area (Å²) in [5.74, 6) is 2.72. The van der Waals surface area contributed by atoms with Gasteiger partial charge >= 0.3 is 0 Å². The number of likely N-dealkylation sites (tertiary alicyclic amines) is 1. The predicted octanol–water partition coefficient (Wildman–Crippen LogP) is 1.69. The van der Waals surface area contributed by atoms with Gasteiger partial charge in [0.05, 0.1) is 18.3 Å². The number of oxazole rings is 1. The molecule has 0 spiro atoms. The van der Waals surface area contributed by atoms with Gasteiger partial charge in [0.1, 0.15) is 5.52 Å². The number of aromatic amines is 1. The zero-order chi connectivity index (χ0) is 22.9. The number of hydrogen-bond acceptors (Lipinski definition) is 7. The Morgan fingerprint density at radius 1 is 1.24 bits per heavy atom. The van der Waals surface area contributed by atoms with Crippen LogP contribution >= 0.6 is 0 Å². The fourth-order valence-electron chi connectivity index (χ4n) is 4.60. The highest BCUT2D eigenvalue weighted by Crippen LogP contribution is 2.30. The Balaban J connectivity index is 1.20. The number of benzene rings is 1. The molecule has 3 aromatic rings. The molecular weight excluding hydrogens is 420 g/mol. The normalized spacial score (nSPS) is 19.2. The van der Waals surface area contributed by atoms with E-state index in [4.69, 9.17) is 10.8 Å². The van der Waals surface area contributed by atoms with Crippen LogP contribution in [0.4, 0.5) is 6.01 Å². The minimum atomic E-state index is -0.173. The second-order valence-corrected chi connectivity index (χ2v) is 8.62. The average Bonchev–Trinajstić information content (AvgIpc) is 3.47. The number of hydrogen-bond donors (Lipinski definition) is 1. The Morgan fingerprint density at radius 3 is 2.82 bits per heavy atom. The number of piperazine rings is 1. The van der Waals surface area contributed by atoms with Crippen LogP contribution in [0.25, 0.3) is 11.1 Å². The molecule has 33 heavy (non-hydrogen) atoms. The van der Waals surface area contributed by atoms with Crippen LogP contribution in [0.3, 0.4) is 0 Å². The summed E-state index contributed by atoms with van der Waals surface area (Å²) in [6.07, 6.45) is 7.40. The molecule has 5 rings (SSSR count). The lowest BCUT2D eigenvalue weighted by Gasteiger charge is -2.35. The van der Waals surface area contributed by atoms with E-state index in [2.05, 4.69) is 30.9 Å². The van der Waals surface area contributed by atoms with Gasteiger partial charge in [0.2, 0.25) is 5.91 Å². The number of nitrogens with zero attached hydrogens (tertiary/aromatic N) is 5. The summed E-state index contributed by atoms with van der Waals surface area (Å²) >= 11 is 0. The van der Waals surface area contributed by atoms with Gasteiger partial charge < -0.3 is 14.2 Å². The minimum absolute atomic E-state index is 0.0541. The van der Waals surface area contributed by atoms with Crippen LogP contribution in [-0.2, 0) is 4.79 Å². The van der Waals surface area contributed by atoms with Gasteiger partial charge in [0.25, 0.3) is 11.6 Å². The van der Waals surface area contributed by atoms with Crippen LogP contribution in [0, 0.1) is 19.3 Å². The van der Waals surface area contributed by atoms with Gasteiger partial charge in [-0.15, -0.1) is 6.42 Å². The Labute approximate surface area is 191 Å². The molecule has 1 unspecified atom stereocenters. The summed E-state index contributed by atoms with van der Waals surface area (Å²) in [7, 11) is 0. The molecule has 0 saturated carbocycles. The molecule has 2 aliphatic heterocycles. The Bertz CT molecular complexity index is 1280. The van der Waals surface area contributed by atoms with Crippen molar-refractivity contribution in [2.24, 2.45) is 0 Å². The summed E-state index contributed by atoms with van der Waals surface area (Å²) in [5.41, 5.74) is 3.50. The number of terminal acetylenes is 1. The highest BCUT2D eigenvalue weighted by molar-refractivity contribution is 5.79. The Hall–Kier alpha value is -3.64. The predicted molar refractivity (Wildman–Crippen MR) is 124 cm³/mol. The van der Waals surface area contributed by atoms with E-state index in [0.29, 0.717) is 49.9 Å². The third-order valence-electron chi connectivity index (χ3n) is 6.50. The first-order valence-electron chi connectivity index (χ1n) is 11.2. The maximum absolute atomic E-state index is 13.0. The van der Waals surface area contributed by atoms with E-state index in [1.54, 1.807) is 6.92 Å². The lowest BCUT2D eigenvalue weighted by molar-refractivity contribution is -0.133. The van der Waals surface area contributed by atoms with Gasteiger partial charge in [-0.2, -0.15) is 10.1 Å². The van der Waals surface area contributed by atoms with Crippen molar-refractivity contribution in [3.63, 3.8) is 0 Å². The van der Waals surface area contributed by atoms with E-state index in [-0.39, 0.29) is 17.5 Å². The molecule has 9 nitrogen and oxygen atoms in total. The number of carbonyl (C=O) groups excluding carboxylic acids is 1. The quantitative estimate of drug-likeness (QED) is 0.609. The highest BCUT2D eigenvalue weighted by atomic mass is 16.4. The lowest BCUT2D eigenvalue weighted by Crippen LogP contribution is -2.51. The molecule has 1 N–H and O–H groups in total. The highest BCUT2D eigenvalue weighted by Gasteiger charge is 2.31. The standard InChI is InChI=1S/C24H26N6O3/c1-3-17-6-7-18-21(14-17)33-24(25-18)29-11-9-28(10-12-29)22(31)15-30-8-4-5-20(30)19-13-16(2)23(32)27-26-19/h1,6-7,13-14,20H,4-5,8-12,15H2,2H3,(H,27,32). The van der Waals surface area contributed by atoms with Crippen molar-refractivity contribution in [3.8, 4) is 12.3 Å². The number of aromatic nitrogens is 3. The van der Waals surface area contributed by atoms with Crippen LogP contribution in [-0.4, -0.2) is 70.2 Å². The average molecular weight is 447 g/mol. The number of aryl methyl sites for hydroxylation is 1. The van der Waals surface area contributed by atoms with E-state index in [9.17, 15) is 9.59 Å². The van der Waals surface area contributed by atoms with E-state index in [0.717, 1.165) is 36.2 Å². The molecule has 4 heterocycles. The third kappa shape index (κ3) is 4.22. The van der Waals surface area contributed by atoms with Crippen molar-refractivity contribution in [1.29, 1.82) is 0 Å². The van der Waals surface area contributed by atoms with Gasteiger partial charge in [-0.25, -0.2) is 5.10 Å². The number of carbonyl (C=O) groups is 1. The molecule has 2 saturated heterocycles. The fourth-order valence-corrected chi connectivity index (χ4v) is 4.60. The van der Waals surface area contributed by atoms with Crippen LogP contribution < -0.4 is 10.5 Å². The van der Waals surface area contributed by atoms with Crippen molar-refractivity contribution in [2.75, 3.05) is 44.2 Å². The van der Waals surface area contributed by atoms with E-state index >= 15 is 0 Å².